The van der Waals surface area contributed by atoms with Crippen molar-refractivity contribution < 1.29 is 0 Å². The second-order valence-electron chi connectivity index (χ2n) is 4.01. The number of hydrogen-bond donors (Lipinski definition) is 1. The van der Waals surface area contributed by atoms with E-state index in [1.165, 1.54) is 25.7 Å². The smallest absolute Gasteiger partial charge is 0.0284 e. The van der Waals surface area contributed by atoms with Gasteiger partial charge in [0.05, 0.1) is 0 Å². The van der Waals surface area contributed by atoms with Crippen molar-refractivity contribution >= 4 is 0 Å². The van der Waals surface area contributed by atoms with Gasteiger partial charge in [-0.2, -0.15) is 0 Å². The van der Waals surface area contributed by atoms with E-state index >= 15 is 0 Å². The van der Waals surface area contributed by atoms with Gasteiger partial charge in [-0.05, 0) is 32.7 Å². The Morgan fingerprint density at radius 1 is 1.50 bits per heavy atom. The fourth-order valence-electron chi connectivity index (χ4n) is 1.46. The molecule has 2 aliphatic carbocycles. The summed E-state index contributed by atoms with van der Waals surface area (Å²) >= 11 is 0. The van der Waals surface area contributed by atoms with Crippen LogP contribution in [0.2, 0.25) is 0 Å². The molecular formula is C8H16N2. The fraction of sp³-hybridized carbons (Fsp3) is 1.00. The third kappa shape index (κ3) is 1.32. The molecule has 0 aromatic heterocycles. The number of nitrogens with two attached hydrogens (primary N) is 1. The average Bonchev–Trinajstić information content (AvgIpc) is 2.60. The Balaban J connectivity index is 1.77. The van der Waals surface area contributed by atoms with Gasteiger partial charge in [-0.15, -0.1) is 0 Å². The first-order valence-electron chi connectivity index (χ1n) is 4.19. The van der Waals surface area contributed by atoms with Gasteiger partial charge >= 0.3 is 0 Å². The largest absolute Gasteiger partial charge is 0.324 e. The first-order chi connectivity index (χ1) is 4.70. The topological polar surface area (TPSA) is 29.3 Å². The number of likely N-dealkylation sites (N-methyl/N-ethyl adjacent to an activating group) is 1. The van der Waals surface area contributed by atoms with Crippen molar-refractivity contribution in [2.45, 2.75) is 37.3 Å². The Morgan fingerprint density at radius 2 is 2.10 bits per heavy atom. The molecule has 0 spiro atoms. The minimum Gasteiger partial charge on any atom is -0.324 e. The Bertz CT molecular complexity index is 136. The molecule has 0 heterocycles. The third-order valence-electron chi connectivity index (χ3n) is 2.63. The molecule has 0 saturated heterocycles. The van der Waals surface area contributed by atoms with Crippen LogP contribution in [0, 0.1) is 0 Å². The van der Waals surface area contributed by atoms with Crippen LogP contribution in [-0.4, -0.2) is 30.1 Å². The van der Waals surface area contributed by atoms with Gasteiger partial charge in [-0.3, -0.25) is 0 Å². The summed E-state index contributed by atoms with van der Waals surface area (Å²) in [7, 11) is 2.20. The van der Waals surface area contributed by atoms with Gasteiger partial charge in [0, 0.05) is 18.1 Å². The molecule has 0 radical (unpaired) electrons. The molecule has 0 aliphatic heterocycles. The van der Waals surface area contributed by atoms with Gasteiger partial charge in [-0.25, -0.2) is 0 Å². The van der Waals surface area contributed by atoms with E-state index in [-0.39, 0.29) is 5.54 Å². The molecule has 0 bridgehead atoms. The molecule has 0 aromatic carbocycles. The normalized spacial score (nSPS) is 29.1. The van der Waals surface area contributed by atoms with Crippen LogP contribution in [-0.2, 0) is 0 Å². The lowest BCUT2D eigenvalue weighted by Crippen LogP contribution is -2.38. The van der Waals surface area contributed by atoms with E-state index in [2.05, 4.69) is 11.9 Å². The highest BCUT2D eigenvalue weighted by atomic mass is 15.2. The number of rotatable bonds is 3. The Kier molecular flexibility index (Phi) is 1.29. The average molecular weight is 140 g/mol. The maximum absolute atomic E-state index is 5.97. The summed E-state index contributed by atoms with van der Waals surface area (Å²) in [6, 6.07) is 0.876. The third-order valence-corrected chi connectivity index (χ3v) is 2.63. The maximum atomic E-state index is 5.97. The number of hydrogen-bond acceptors (Lipinski definition) is 2. The zero-order chi connectivity index (χ0) is 7.19. The van der Waals surface area contributed by atoms with Crippen LogP contribution in [0.5, 0.6) is 0 Å². The second kappa shape index (κ2) is 1.95. The van der Waals surface area contributed by atoms with Crippen molar-refractivity contribution in [2.75, 3.05) is 13.6 Å². The van der Waals surface area contributed by atoms with E-state index in [1.54, 1.807) is 0 Å². The molecule has 0 atom stereocenters. The van der Waals surface area contributed by atoms with E-state index in [9.17, 15) is 0 Å². The summed E-state index contributed by atoms with van der Waals surface area (Å²) in [4.78, 5) is 2.42. The summed E-state index contributed by atoms with van der Waals surface area (Å²) in [5.74, 6) is 0. The molecule has 2 heteroatoms. The van der Waals surface area contributed by atoms with E-state index in [4.69, 9.17) is 5.73 Å². The summed E-state index contributed by atoms with van der Waals surface area (Å²) in [6.07, 6.45) is 5.27. The first-order valence-corrected chi connectivity index (χ1v) is 4.19. The van der Waals surface area contributed by atoms with Gasteiger partial charge in [0.15, 0.2) is 0 Å². The molecule has 2 aliphatic rings. The lowest BCUT2D eigenvalue weighted by molar-refractivity contribution is 0.293. The summed E-state index contributed by atoms with van der Waals surface area (Å²) in [5, 5.41) is 0. The Hall–Kier alpha value is -0.0800. The minimum atomic E-state index is 0.220. The predicted molar refractivity (Wildman–Crippen MR) is 41.8 cm³/mol. The van der Waals surface area contributed by atoms with Crippen molar-refractivity contribution in [1.82, 2.24) is 4.90 Å². The van der Waals surface area contributed by atoms with Crippen molar-refractivity contribution in [1.29, 1.82) is 0 Å². The van der Waals surface area contributed by atoms with E-state index in [0.29, 0.717) is 0 Å². The van der Waals surface area contributed by atoms with Crippen molar-refractivity contribution in [3.05, 3.63) is 0 Å². The van der Waals surface area contributed by atoms with E-state index < -0.39 is 0 Å². The minimum absolute atomic E-state index is 0.220. The summed E-state index contributed by atoms with van der Waals surface area (Å²) < 4.78 is 0. The molecule has 2 N–H and O–H groups in total. The lowest BCUT2D eigenvalue weighted by atomic mass is 10.3. The molecule has 2 fully saturated rings. The molecule has 0 unspecified atom stereocenters. The zero-order valence-electron chi connectivity index (χ0n) is 6.64. The molecular weight excluding hydrogens is 124 g/mol. The Labute approximate surface area is 62.4 Å². The molecule has 0 amide bonds. The van der Waals surface area contributed by atoms with Crippen LogP contribution in [0.25, 0.3) is 0 Å². The fourth-order valence-corrected chi connectivity index (χ4v) is 1.46. The zero-order valence-corrected chi connectivity index (χ0v) is 6.64. The van der Waals surface area contributed by atoms with Gasteiger partial charge in [0.25, 0.3) is 0 Å². The van der Waals surface area contributed by atoms with Gasteiger partial charge < -0.3 is 10.6 Å². The Morgan fingerprint density at radius 3 is 2.50 bits per heavy atom. The van der Waals surface area contributed by atoms with Crippen LogP contribution in [0.1, 0.15) is 25.7 Å². The van der Waals surface area contributed by atoms with Crippen LogP contribution in [0.3, 0.4) is 0 Å². The second-order valence-corrected chi connectivity index (χ2v) is 4.01. The number of nitrogens with zero attached hydrogens (tertiary/aromatic N) is 1. The standard InChI is InChI=1S/C8H16N2/c1-10(7-2-3-7)6-8(9)4-5-8/h7H,2-6,9H2,1H3. The van der Waals surface area contributed by atoms with Crippen molar-refractivity contribution in [3.63, 3.8) is 0 Å². The van der Waals surface area contributed by atoms with Crippen molar-refractivity contribution in [2.24, 2.45) is 5.73 Å². The highest BCUT2D eigenvalue weighted by Crippen LogP contribution is 2.35. The molecule has 0 aromatic rings. The quantitative estimate of drug-likeness (QED) is 0.621. The van der Waals surface area contributed by atoms with Crippen LogP contribution >= 0.6 is 0 Å². The van der Waals surface area contributed by atoms with Crippen LogP contribution in [0.15, 0.2) is 0 Å². The maximum Gasteiger partial charge on any atom is 0.0284 e. The van der Waals surface area contributed by atoms with E-state index in [1.807, 2.05) is 0 Å². The van der Waals surface area contributed by atoms with Crippen molar-refractivity contribution in [3.8, 4) is 0 Å². The van der Waals surface area contributed by atoms with Crippen LogP contribution < -0.4 is 5.73 Å². The van der Waals surface area contributed by atoms with Gasteiger partial charge in [0.2, 0.25) is 0 Å². The van der Waals surface area contributed by atoms with Gasteiger partial charge in [0.1, 0.15) is 0 Å². The first kappa shape index (κ1) is 6.62. The predicted octanol–water partition coefficient (Wildman–Crippen LogP) is 0.572. The SMILES string of the molecule is CN(CC1(N)CC1)C1CC1. The summed E-state index contributed by atoms with van der Waals surface area (Å²) in [5.41, 5.74) is 6.19. The lowest BCUT2D eigenvalue weighted by Gasteiger charge is -2.19. The van der Waals surface area contributed by atoms with Crippen LogP contribution in [0.4, 0.5) is 0 Å². The monoisotopic (exact) mass is 140 g/mol. The highest BCUT2D eigenvalue weighted by Gasteiger charge is 2.41. The van der Waals surface area contributed by atoms with E-state index in [0.717, 1.165) is 12.6 Å². The molecule has 2 rings (SSSR count). The highest BCUT2D eigenvalue weighted by molar-refractivity contribution is 5.02. The molecule has 58 valence electrons. The molecule has 2 nitrogen and oxygen atoms in total. The van der Waals surface area contributed by atoms with Gasteiger partial charge in [-0.1, -0.05) is 0 Å². The molecule has 2 saturated carbocycles. The molecule has 10 heavy (non-hydrogen) atoms. The summed E-state index contributed by atoms with van der Waals surface area (Å²) in [6.45, 7) is 1.12.